The lowest BCUT2D eigenvalue weighted by Gasteiger charge is -2.34. The van der Waals surface area contributed by atoms with Crippen LogP contribution >= 0.6 is 0 Å². The number of aromatic amines is 1. The summed E-state index contributed by atoms with van der Waals surface area (Å²) in [5.74, 6) is 7.63. The van der Waals surface area contributed by atoms with Gasteiger partial charge in [-0.2, -0.15) is 0 Å². The normalized spacial score (nSPS) is 13.4. The first-order chi connectivity index (χ1) is 12.6. The summed E-state index contributed by atoms with van der Waals surface area (Å²) in [6.45, 7) is 8.99. The van der Waals surface area contributed by atoms with Crippen LogP contribution in [0.5, 0.6) is 0 Å². The van der Waals surface area contributed by atoms with Crippen LogP contribution in [-0.4, -0.2) is 4.98 Å². The van der Waals surface area contributed by atoms with Crippen molar-refractivity contribution in [3.8, 4) is 11.8 Å². The van der Waals surface area contributed by atoms with Gasteiger partial charge in [-0.1, -0.05) is 81.6 Å². The molecule has 1 heteroatoms. The van der Waals surface area contributed by atoms with E-state index in [-0.39, 0.29) is 5.41 Å². The monoisotopic (exact) mass is 343 g/mol. The molecule has 0 bridgehead atoms. The second kappa shape index (κ2) is 7.83. The lowest BCUT2D eigenvalue weighted by Crippen LogP contribution is -2.33. The maximum Gasteiger partial charge on any atom is 0.0857 e. The SMILES string of the molecule is CCCCC#CC(c1ccccc1)(c1c(C)[nH]c2ccccc12)C(C)C. The lowest BCUT2D eigenvalue weighted by atomic mass is 9.66. The third-order valence-electron chi connectivity index (χ3n) is 5.32. The highest BCUT2D eigenvalue weighted by molar-refractivity contribution is 5.87. The molecule has 0 saturated carbocycles. The van der Waals surface area contributed by atoms with E-state index < -0.39 is 0 Å². The molecule has 1 aromatic heterocycles. The van der Waals surface area contributed by atoms with Gasteiger partial charge in [-0.15, -0.1) is 5.92 Å². The molecule has 0 spiro atoms. The maximum absolute atomic E-state index is 3.75. The average Bonchev–Trinajstić information content (AvgIpc) is 2.99. The zero-order valence-corrected chi connectivity index (χ0v) is 16.4. The largest absolute Gasteiger partial charge is 0.358 e. The number of aryl methyl sites for hydroxylation is 1. The fourth-order valence-electron chi connectivity index (χ4n) is 4.00. The van der Waals surface area contributed by atoms with E-state index in [0.29, 0.717) is 5.92 Å². The van der Waals surface area contributed by atoms with Gasteiger partial charge in [0.1, 0.15) is 0 Å². The first-order valence-corrected chi connectivity index (χ1v) is 9.74. The minimum atomic E-state index is -0.307. The van der Waals surface area contributed by atoms with Crippen molar-refractivity contribution >= 4 is 10.9 Å². The Labute approximate surface area is 157 Å². The summed E-state index contributed by atoms with van der Waals surface area (Å²) >= 11 is 0. The Balaban J connectivity index is 2.31. The van der Waals surface area contributed by atoms with Gasteiger partial charge in [0.05, 0.1) is 5.41 Å². The molecule has 1 nitrogen and oxygen atoms in total. The minimum Gasteiger partial charge on any atom is -0.358 e. The molecule has 0 saturated heterocycles. The predicted octanol–water partition coefficient (Wildman–Crippen LogP) is 6.61. The molecule has 1 unspecified atom stereocenters. The van der Waals surface area contributed by atoms with Crippen molar-refractivity contribution in [2.75, 3.05) is 0 Å². The van der Waals surface area contributed by atoms with Gasteiger partial charge in [0.25, 0.3) is 0 Å². The summed E-state index contributed by atoms with van der Waals surface area (Å²) in [6.07, 6.45) is 3.29. The second-order valence-corrected chi connectivity index (χ2v) is 7.40. The molecular formula is C25H29N. The molecule has 0 aliphatic heterocycles. The average molecular weight is 344 g/mol. The van der Waals surface area contributed by atoms with Crippen LogP contribution in [0.3, 0.4) is 0 Å². The molecule has 1 atom stereocenters. The predicted molar refractivity (Wildman–Crippen MR) is 112 cm³/mol. The van der Waals surface area contributed by atoms with Crippen LogP contribution in [0.1, 0.15) is 56.9 Å². The summed E-state index contributed by atoms with van der Waals surface area (Å²) in [5, 5.41) is 1.28. The quantitative estimate of drug-likeness (QED) is 0.396. The molecule has 1 N–H and O–H groups in total. The Kier molecular flexibility index (Phi) is 5.52. The molecule has 1 heterocycles. The Morgan fingerprint density at radius 3 is 2.38 bits per heavy atom. The summed E-state index contributed by atoms with van der Waals surface area (Å²) in [4.78, 5) is 3.59. The van der Waals surface area contributed by atoms with Gasteiger partial charge in [-0.25, -0.2) is 0 Å². The van der Waals surface area contributed by atoms with E-state index in [1.807, 2.05) is 0 Å². The fourth-order valence-corrected chi connectivity index (χ4v) is 4.00. The Morgan fingerprint density at radius 1 is 1.00 bits per heavy atom. The molecule has 0 amide bonds. The number of unbranched alkanes of at least 4 members (excludes halogenated alkanes) is 2. The molecule has 3 rings (SSSR count). The summed E-state index contributed by atoms with van der Waals surface area (Å²) in [5.41, 5.74) is 4.72. The van der Waals surface area contributed by atoms with Gasteiger partial charge in [-0.05, 0) is 30.9 Å². The van der Waals surface area contributed by atoms with Crippen LogP contribution < -0.4 is 0 Å². The van der Waals surface area contributed by atoms with Gasteiger partial charge in [0.15, 0.2) is 0 Å². The summed E-state index contributed by atoms with van der Waals surface area (Å²) in [7, 11) is 0. The lowest BCUT2D eigenvalue weighted by molar-refractivity contribution is 0.469. The highest BCUT2D eigenvalue weighted by Crippen LogP contribution is 2.43. The summed E-state index contributed by atoms with van der Waals surface area (Å²) < 4.78 is 0. The summed E-state index contributed by atoms with van der Waals surface area (Å²) in [6, 6.07) is 19.4. The van der Waals surface area contributed by atoms with E-state index in [4.69, 9.17) is 0 Å². The van der Waals surface area contributed by atoms with Crippen molar-refractivity contribution in [2.24, 2.45) is 5.92 Å². The van der Waals surface area contributed by atoms with Crippen molar-refractivity contribution < 1.29 is 0 Å². The van der Waals surface area contributed by atoms with Crippen LogP contribution in [0.15, 0.2) is 54.6 Å². The van der Waals surface area contributed by atoms with Crippen LogP contribution in [-0.2, 0) is 5.41 Å². The number of H-pyrrole nitrogens is 1. The van der Waals surface area contributed by atoms with E-state index >= 15 is 0 Å². The van der Waals surface area contributed by atoms with Crippen molar-refractivity contribution in [1.29, 1.82) is 0 Å². The van der Waals surface area contributed by atoms with Gasteiger partial charge >= 0.3 is 0 Å². The number of para-hydroxylation sites is 1. The van der Waals surface area contributed by atoms with Crippen molar-refractivity contribution in [1.82, 2.24) is 4.98 Å². The highest BCUT2D eigenvalue weighted by Gasteiger charge is 2.39. The molecule has 0 aliphatic rings. The van der Waals surface area contributed by atoms with Crippen molar-refractivity contribution in [3.63, 3.8) is 0 Å². The molecule has 26 heavy (non-hydrogen) atoms. The van der Waals surface area contributed by atoms with Crippen molar-refractivity contribution in [2.45, 2.75) is 52.4 Å². The third kappa shape index (κ3) is 3.17. The third-order valence-corrected chi connectivity index (χ3v) is 5.32. The Morgan fingerprint density at radius 2 is 1.69 bits per heavy atom. The molecule has 134 valence electrons. The van der Waals surface area contributed by atoms with E-state index in [9.17, 15) is 0 Å². The van der Waals surface area contributed by atoms with Gasteiger partial charge in [-0.3, -0.25) is 0 Å². The number of nitrogens with one attached hydrogen (secondary N) is 1. The zero-order chi connectivity index (χ0) is 18.6. The van der Waals surface area contributed by atoms with Crippen LogP contribution in [0.4, 0.5) is 0 Å². The van der Waals surface area contributed by atoms with Crippen LogP contribution in [0.2, 0.25) is 0 Å². The number of aromatic nitrogens is 1. The Bertz CT molecular complexity index is 921. The molecule has 0 fully saturated rings. The molecule has 2 aromatic carbocycles. The topological polar surface area (TPSA) is 15.8 Å². The molecular weight excluding hydrogens is 314 g/mol. The standard InChI is InChI=1S/C25H29N/c1-5-6-7-13-18-25(19(2)3,21-14-9-8-10-15-21)24-20(4)26-23-17-12-11-16-22(23)24/h8-12,14-17,19,26H,5-7H2,1-4H3. The number of benzene rings is 2. The smallest absolute Gasteiger partial charge is 0.0857 e. The zero-order valence-electron chi connectivity index (χ0n) is 16.4. The molecule has 0 radical (unpaired) electrons. The number of hydrogen-bond acceptors (Lipinski definition) is 0. The Hall–Kier alpha value is -2.46. The first-order valence-electron chi connectivity index (χ1n) is 9.74. The van der Waals surface area contributed by atoms with E-state index in [1.165, 1.54) is 34.1 Å². The molecule has 3 aromatic rings. The number of fused-ring (bicyclic) bond motifs is 1. The maximum atomic E-state index is 3.75. The fraction of sp³-hybridized carbons (Fsp3) is 0.360. The number of hydrogen-bond donors (Lipinski definition) is 1. The van der Waals surface area contributed by atoms with Crippen molar-refractivity contribution in [3.05, 3.63) is 71.4 Å². The van der Waals surface area contributed by atoms with E-state index in [0.717, 1.165) is 12.8 Å². The van der Waals surface area contributed by atoms with E-state index in [1.54, 1.807) is 0 Å². The van der Waals surface area contributed by atoms with Gasteiger partial charge in [0.2, 0.25) is 0 Å². The highest BCUT2D eigenvalue weighted by atomic mass is 14.7. The van der Waals surface area contributed by atoms with E-state index in [2.05, 4.69) is 99.1 Å². The van der Waals surface area contributed by atoms with Crippen LogP contribution in [0, 0.1) is 24.7 Å². The number of rotatable bonds is 5. The first kappa shape index (κ1) is 18.3. The second-order valence-electron chi connectivity index (χ2n) is 7.40. The van der Waals surface area contributed by atoms with Gasteiger partial charge in [0, 0.05) is 28.6 Å². The van der Waals surface area contributed by atoms with Crippen LogP contribution in [0.25, 0.3) is 10.9 Å². The minimum absolute atomic E-state index is 0.307. The van der Waals surface area contributed by atoms with Gasteiger partial charge < -0.3 is 4.98 Å². The molecule has 0 aliphatic carbocycles.